The first-order valence-electron chi connectivity index (χ1n) is 6.27. The molecule has 21 heavy (non-hydrogen) atoms. The fourth-order valence-corrected chi connectivity index (χ4v) is 2.57. The first-order valence-corrected chi connectivity index (χ1v) is 7.15. The van der Waals surface area contributed by atoms with Gasteiger partial charge in [0, 0.05) is 11.3 Å². The van der Waals surface area contributed by atoms with Crippen LogP contribution in [-0.2, 0) is 13.0 Å². The fourth-order valence-electron chi connectivity index (χ4n) is 1.88. The monoisotopic (exact) mass is 309 g/mol. The normalized spacial score (nSPS) is 10.4. The molecule has 7 heteroatoms. The van der Waals surface area contributed by atoms with Gasteiger partial charge in [0.05, 0.1) is 36.9 Å². The van der Waals surface area contributed by atoms with Crippen molar-refractivity contribution in [2.75, 3.05) is 13.7 Å². The predicted molar refractivity (Wildman–Crippen MR) is 79.1 cm³/mol. The molecule has 0 spiro atoms. The Morgan fingerprint density at radius 1 is 1.38 bits per heavy atom. The van der Waals surface area contributed by atoms with Crippen molar-refractivity contribution in [1.29, 1.82) is 0 Å². The largest absolute Gasteiger partial charge is 0.493 e. The smallest absolute Gasteiger partial charge is 0.278 e. The molecule has 0 aliphatic heterocycles. The fraction of sp³-hybridized carbons (Fsp3) is 0.286. The summed E-state index contributed by atoms with van der Waals surface area (Å²) in [5.41, 5.74) is 0.0203. The molecule has 1 aromatic carbocycles. The highest BCUT2D eigenvalue weighted by atomic mass is 32.1. The summed E-state index contributed by atoms with van der Waals surface area (Å²) < 4.78 is 10.7. The molecule has 0 saturated heterocycles. The van der Waals surface area contributed by atoms with E-state index in [1.165, 1.54) is 24.1 Å². The van der Waals surface area contributed by atoms with Crippen molar-refractivity contribution in [3.63, 3.8) is 0 Å². The molecule has 2 aromatic rings. The Morgan fingerprint density at radius 2 is 2.19 bits per heavy atom. The molecule has 112 valence electrons. The highest BCUT2D eigenvalue weighted by molar-refractivity contribution is 7.09. The summed E-state index contributed by atoms with van der Waals surface area (Å²) in [7, 11) is 1.45. The molecule has 6 nitrogen and oxygen atoms in total. The number of nitrogens with zero attached hydrogens (tertiary/aromatic N) is 1. The van der Waals surface area contributed by atoms with Gasteiger partial charge in [-0.15, -0.1) is 11.3 Å². The molecule has 0 bridgehead atoms. The van der Waals surface area contributed by atoms with Gasteiger partial charge in [0.2, 0.25) is 0 Å². The molecule has 0 atom stereocenters. The van der Waals surface area contributed by atoms with Gasteiger partial charge in [-0.25, -0.2) is 0 Å². The zero-order chi connectivity index (χ0) is 15.2. The number of rotatable bonds is 7. The minimum absolute atomic E-state index is 0.176. The Hall–Kier alpha value is -2.12. The number of thiophene rings is 1. The maximum Gasteiger partial charge on any atom is 0.278 e. The topological polar surface area (TPSA) is 81.8 Å². The second-order valence-electron chi connectivity index (χ2n) is 4.22. The number of benzene rings is 1. The van der Waals surface area contributed by atoms with E-state index in [0.29, 0.717) is 18.1 Å². The van der Waals surface area contributed by atoms with E-state index >= 15 is 0 Å². The van der Waals surface area contributed by atoms with Crippen LogP contribution in [0.3, 0.4) is 0 Å². The van der Waals surface area contributed by atoms with E-state index in [0.717, 1.165) is 6.42 Å². The zero-order valence-electron chi connectivity index (χ0n) is 11.4. The molecule has 0 amide bonds. The van der Waals surface area contributed by atoms with E-state index in [4.69, 9.17) is 9.47 Å². The number of nitro groups is 1. The van der Waals surface area contributed by atoms with Crippen molar-refractivity contribution >= 4 is 17.0 Å². The maximum atomic E-state index is 11.0. The lowest BCUT2D eigenvalue weighted by Gasteiger charge is -2.11. The maximum absolute atomic E-state index is 11.0. The summed E-state index contributed by atoms with van der Waals surface area (Å²) in [6.07, 6.45) is 0.719. The van der Waals surface area contributed by atoms with Gasteiger partial charge in [0.1, 0.15) is 0 Å². The number of hydrogen-bond donors (Lipinski definition) is 1. The molecule has 0 radical (unpaired) electrons. The van der Waals surface area contributed by atoms with E-state index in [1.807, 2.05) is 17.5 Å². The summed E-state index contributed by atoms with van der Waals surface area (Å²) in [5.74, 6) is 0.675. The minimum Gasteiger partial charge on any atom is -0.493 e. The molecular weight excluding hydrogens is 294 g/mol. The van der Waals surface area contributed by atoms with Crippen LogP contribution in [0.4, 0.5) is 5.69 Å². The second kappa shape index (κ2) is 7.05. The van der Waals surface area contributed by atoms with Gasteiger partial charge in [0.15, 0.2) is 11.5 Å². The summed E-state index contributed by atoms with van der Waals surface area (Å²) in [5, 5.41) is 22.2. The number of aliphatic hydroxyl groups excluding tert-OH is 1. The van der Waals surface area contributed by atoms with Crippen LogP contribution in [0.25, 0.3) is 0 Å². The molecule has 1 N–H and O–H groups in total. The number of hydrogen-bond acceptors (Lipinski definition) is 6. The van der Waals surface area contributed by atoms with E-state index < -0.39 is 11.5 Å². The van der Waals surface area contributed by atoms with Crippen LogP contribution in [0, 0.1) is 10.1 Å². The van der Waals surface area contributed by atoms with Crippen molar-refractivity contribution in [3.8, 4) is 11.5 Å². The van der Waals surface area contributed by atoms with Crippen molar-refractivity contribution in [1.82, 2.24) is 0 Å². The van der Waals surface area contributed by atoms with Crippen LogP contribution in [0.2, 0.25) is 0 Å². The van der Waals surface area contributed by atoms with E-state index in [-0.39, 0.29) is 11.3 Å². The van der Waals surface area contributed by atoms with Gasteiger partial charge in [-0.2, -0.15) is 0 Å². The summed E-state index contributed by atoms with van der Waals surface area (Å²) >= 11 is 1.63. The van der Waals surface area contributed by atoms with Crippen molar-refractivity contribution in [2.24, 2.45) is 0 Å². The third-order valence-electron chi connectivity index (χ3n) is 2.92. The molecular formula is C14H15NO5S. The van der Waals surface area contributed by atoms with Crippen LogP contribution in [0.1, 0.15) is 10.4 Å². The standard InChI is InChI=1S/C14H15NO5S/c1-19-13-7-10(9-16)12(15(17)18)8-14(13)20-5-4-11-3-2-6-21-11/h2-3,6-8,16H,4-5,9H2,1H3. The number of nitro benzene ring substituents is 1. The molecule has 0 aliphatic carbocycles. The van der Waals surface area contributed by atoms with Gasteiger partial charge in [-0.1, -0.05) is 6.07 Å². The third-order valence-corrected chi connectivity index (χ3v) is 3.85. The van der Waals surface area contributed by atoms with Gasteiger partial charge in [0.25, 0.3) is 5.69 Å². The average molecular weight is 309 g/mol. The van der Waals surface area contributed by atoms with E-state index in [1.54, 1.807) is 11.3 Å². The molecule has 0 fully saturated rings. The number of methoxy groups -OCH3 is 1. The average Bonchev–Trinajstić information content (AvgIpc) is 2.99. The van der Waals surface area contributed by atoms with Gasteiger partial charge in [-0.3, -0.25) is 10.1 Å². The summed E-state index contributed by atoms with van der Waals surface area (Å²) in [6, 6.07) is 6.68. The van der Waals surface area contributed by atoms with Crippen LogP contribution in [-0.4, -0.2) is 23.7 Å². The highest BCUT2D eigenvalue weighted by Gasteiger charge is 2.19. The van der Waals surface area contributed by atoms with Crippen molar-refractivity contribution in [3.05, 3.63) is 50.2 Å². The Labute approximate surface area is 125 Å². The Morgan fingerprint density at radius 3 is 2.76 bits per heavy atom. The van der Waals surface area contributed by atoms with Crippen LogP contribution in [0.15, 0.2) is 29.6 Å². The molecule has 0 aliphatic rings. The lowest BCUT2D eigenvalue weighted by Crippen LogP contribution is -2.04. The second-order valence-corrected chi connectivity index (χ2v) is 5.26. The van der Waals surface area contributed by atoms with Gasteiger partial charge < -0.3 is 14.6 Å². The third kappa shape index (κ3) is 3.71. The molecule has 1 aromatic heterocycles. The summed E-state index contributed by atoms with van der Waals surface area (Å²) in [6.45, 7) is -0.0331. The van der Waals surface area contributed by atoms with E-state index in [2.05, 4.69) is 0 Å². The number of aliphatic hydroxyl groups is 1. The molecule has 0 saturated carbocycles. The van der Waals surface area contributed by atoms with Crippen molar-refractivity contribution in [2.45, 2.75) is 13.0 Å². The first-order chi connectivity index (χ1) is 10.2. The first kappa shape index (κ1) is 15.3. The van der Waals surface area contributed by atoms with Crippen LogP contribution >= 0.6 is 11.3 Å². The number of ether oxygens (including phenoxy) is 2. The van der Waals surface area contributed by atoms with E-state index in [9.17, 15) is 15.2 Å². The molecule has 0 unspecified atom stereocenters. The SMILES string of the molecule is COc1cc(CO)c([N+](=O)[O-])cc1OCCc1cccs1. The zero-order valence-corrected chi connectivity index (χ0v) is 12.3. The quantitative estimate of drug-likeness (QED) is 0.628. The summed E-state index contributed by atoms with van der Waals surface area (Å²) in [4.78, 5) is 11.6. The van der Waals surface area contributed by atoms with Crippen molar-refractivity contribution < 1.29 is 19.5 Å². The van der Waals surface area contributed by atoms with Crippen LogP contribution in [0.5, 0.6) is 11.5 Å². The Balaban J connectivity index is 2.16. The lowest BCUT2D eigenvalue weighted by atomic mass is 10.1. The van der Waals surface area contributed by atoms with Gasteiger partial charge in [-0.05, 0) is 17.5 Å². The van der Waals surface area contributed by atoms with Gasteiger partial charge >= 0.3 is 0 Å². The molecule has 2 rings (SSSR count). The Kier molecular flexibility index (Phi) is 5.13. The predicted octanol–water partition coefficient (Wildman–Crippen LogP) is 2.78. The lowest BCUT2D eigenvalue weighted by molar-refractivity contribution is -0.385. The molecule has 1 heterocycles. The minimum atomic E-state index is -0.545. The van der Waals surface area contributed by atoms with Crippen LogP contribution < -0.4 is 9.47 Å². The highest BCUT2D eigenvalue weighted by Crippen LogP contribution is 2.34. The Bertz CT molecular complexity index is 612.